The summed E-state index contributed by atoms with van der Waals surface area (Å²) in [5.74, 6) is 2.07. The van der Waals surface area contributed by atoms with E-state index in [2.05, 4.69) is 26.5 Å². The van der Waals surface area contributed by atoms with Gasteiger partial charge in [-0.3, -0.25) is 0 Å². The summed E-state index contributed by atoms with van der Waals surface area (Å²) in [6, 6.07) is 3.82. The van der Waals surface area contributed by atoms with E-state index in [-0.39, 0.29) is 0 Å². The highest BCUT2D eigenvalue weighted by molar-refractivity contribution is 7.81. The van der Waals surface area contributed by atoms with Crippen LogP contribution in [0.15, 0.2) is 16.5 Å². The second-order valence-electron chi connectivity index (χ2n) is 3.50. The molecule has 0 radical (unpaired) electrons. The molecule has 12 heavy (non-hydrogen) atoms. The molecule has 68 valence electrons. The van der Waals surface area contributed by atoms with Crippen LogP contribution in [0.1, 0.15) is 38.2 Å². The fraction of sp³-hybridized carbons (Fsp3) is 0.556. The summed E-state index contributed by atoms with van der Waals surface area (Å²) < 4.78 is 5.51. The molecule has 1 rings (SSSR count). The molecular formula is C9H15NOS. The number of thiol groups is 1. The normalized spacial score (nSPS) is 16.5. The number of nitrogens with two attached hydrogens (primary N) is 1. The summed E-state index contributed by atoms with van der Waals surface area (Å²) in [5, 5.41) is 0. The summed E-state index contributed by atoms with van der Waals surface area (Å²) >= 11 is 4.21. The van der Waals surface area contributed by atoms with Crippen LogP contribution in [0.2, 0.25) is 0 Å². The summed E-state index contributed by atoms with van der Waals surface area (Å²) in [6.07, 6.45) is 0. The van der Waals surface area contributed by atoms with E-state index >= 15 is 0 Å². The van der Waals surface area contributed by atoms with Gasteiger partial charge in [0.2, 0.25) is 0 Å². The van der Waals surface area contributed by atoms with Gasteiger partial charge in [0.1, 0.15) is 16.4 Å². The van der Waals surface area contributed by atoms with Crippen molar-refractivity contribution in [3.05, 3.63) is 23.7 Å². The molecule has 0 saturated heterocycles. The van der Waals surface area contributed by atoms with Gasteiger partial charge in [0.25, 0.3) is 0 Å². The molecule has 1 aromatic heterocycles. The minimum atomic E-state index is -0.673. The third kappa shape index (κ3) is 2.05. The molecule has 0 spiro atoms. The molecule has 0 bridgehead atoms. The third-order valence-corrected chi connectivity index (χ3v) is 1.92. The monoisotopic (exact) mass is 185 g/mol. The van der Waals surface area contributed by atoms with Crippen LogP contribution in [0, 0.1) is 0 Å². The molecule has 0 amide bonds. The zero-order chi connectivity index (χ0) is 9.35. The Morgan fingerprint density at radius 1 is 1.50 bits per heavy atom. The topological polar surface area (TPSA) is 39.2 Å². The predicted octanol–water partition coefficient (Wildman–Crippen LogP) is 2.46. The van der Waals surface area contributed by atoms with Crippen molar-refractivity contribution in [2.75, 3.05) is 0 Å². The molecule has 1 unspecified atom stereocenters. The maximum Gasteiger partial charge on any atom is 0.133 e. The lowest BCUT2D eigenvalue weighted by Crippen LogP contribution is -2.24. The molecule has 0 fully saturated rings. The van der Waals surface area contributed by atoms with Crippen molar-refractivity contribution < 1.29 is 4.42 Å². The highest BCUT2D eigenvalue weighted by Crippen LogP contribution is 2.26. The molecule has 0 saturated carbocycles. The van der Waals surface area contributed by atoms with E-state index in [4.69, 9.17) is 10.2 Å². The fourth-order valence-corrected chi connectivity index (χ4v) is 1.06. The van der Waals surface area contributed by atoms with Crippen LogP contribution in [0.25, 0.3) is 0 Å². The molecule has 0 aliphatic rings. The number of rotatable bonds is 2. The van der Waals surface area contributed by atoms with Crippen molar-refractivity contribution in [1.82, 2.24) is 0 Å². The van der Waals surface area contributed by atoms with Crippen LogP contribution < -0.4 is 5.73 Å². The van der Waals surface area contributed by atoms with E-state index in [0.29, 0.717) is 5.92 Å². The van der Waals surface area contributed by atoms with E-state index in [9.17, 15) is 0 Å². The van der Waals surface area contributed by atoms with Crippen molar-refractivity contribution in [1.29, 1.82) is 0 Å². The van der Waals surface area contributed by atoms with E-state index in [1.807, 2.05) is 12.1 Å². The van der Waals surface area contributed by atoms with Crippen molar-refractivity contribution >= 4 is 12.6 Å². The van der Waals surface area contributed by atoms with Crippen LogP contribution in [0.3, 0.4) is 0 Å². The molecule has 1 aromatic rings. The van der Waals surface area contributed by atoms with Crippen LogP contribution in [0.4, 0.5) is 0 Å². The lowest BCUT2D eigenvalue weighted by atomic mass is 10.2. The summed E-state index contributed by atoms with van der Waals surface area (Å²) in [6.45, 7) is 5.96. The first-order valence-electron chi connectivity index (χ1n) is 4.02. The Morgan fingerprint density at radius 2 is 2.08 bits per heavy atom. The van der Waals surface area contributed by atoms with Crippen LogP contribution >= 0.6 is 12.6 Å². The van der Waals surface area contributed by atoms with Gasteiger partial charge in [0.05, 0.1) is 0 Å². The van der Waals surface area contributed by atoms with Gasteiger partial charge in [-0.05, 0) is 19.1 Å². The maximum absolute atomic E-state index is 5.74. The molecule has 1 atom stereocenters. The van der Waals surface area contributed by atoms with Gasteiger partial charge in [-0.2, -0.15) is 0 Å². The summed E-state index contributed by atoms with van der Waals surface area (Å²) in [4.78, 5) is -0.673. The molecule has 3 heteroatoms. The molecule has 2 N–H and O–H groups in total. The number of hydrogen-bond acceptors (Lipinski definition) is 3. The number of furan rings is 1. The molecule has 2 nitrogen and oxygen atoms in total. The highest BCUT2D eigenvalue weighted by atomic mass is 32.1. The highest BCUT2D eigenvalue weighted by Gasteiger charge is 2.20. The molecule has 1 heterocycles. The summed E-state index contributed by atoms with van der Waals surface area (Å²) in [5.41, 5.74) is 5.74. The third-order valence-electron chi connectivity index (χ3n) is 1.69. The first kappa shape index (κ1) is 9.68. The average Bonchev–Trinajstić information content (AvgIpc) is 2.30. The SMILES string of the molecule is CC(C)c1ccc(C(C)(N)S)o1. The largest absolute Gasteiger partial charge is 0.463 e. The van der Waals surface area contributed by atoms with Crippen molar-refractivity contribution in [3.8, 4) is 0 Å². The Labute approximate surface area is 78.5 Å². The summed E-state index contributed by atoms with van der Waals surface area (Å²) in [7, 11) is 0. The van der Waals surface area contributed by atoms with E-state index < -0.39 is 4.87 Å². The van der Waals surface area contributed by atoms with Gasteiger partial charge in [-0.15, -0.1) is 12.6 Å². The standard InChI is InChI=1S/C9H15NOS/c1-6(2)7-4-5-8(11-7)9(3,10)12/h4-6,12H,10H2,1-3H3. The minimum absolute atomic E-state index is 0.398. The Balaban J connectivity index is 2.92. The maximum atomic E-state index is 5.74. The Morgan fingerprint density at radius 3 is 2.33 bits per heavy atom. The smallest absolute Gasteiger partial charge is 0.133 e. The first-order chi connectivity index (χ1) is 5.41. The van der Waals surface area contributed by atoms with E-state index in [0.717, 1.165) is 11.5 Å². The van der Waals surface area contributed by atoms with Crippen LogP contribution in [0.5, 0.6) is 0 Å². The van der Waals surface area contributed by atoms with Gasteiger partial charge in [-0.25, -0.2) is 0 Å². The van der Waals surface area contributed by atoms with Gasteiger partial charge < -0.3 is 10.2 Å². The Bertz CT molecular complexity index is 260. The molecule has 0 aliphatic heterocycles. The van der Waals surface area contributed by atoms with Crippen molar-refractivity contribution in [2.45, 2.75) is 31.6 Å². The predicted molar refractivity (Wildman–Crippen MR) is 53.3 cm³/mol. The van der Waals surface area contributed by atoms with Crippen LogP contribution in [-0.2, 0) is 4.87 Å². The second-order valence-corrected chi connectivity index (χ2v) is 4.43. The molecule has 0 aliphatic carbocycles. The zero-order valence-electron chi connectivity index (χ0n) is 7.66. The quantitative estimate of drug-likeness (QED) is 0.549. The average molecular weight is 185 g/mol. The zero-order valence-corrected chi connectivity index (χ0v) is 8.56. The number of hydrogen-bond donors (Lipinski definition) is 2. The van der Waals surface area contributed by atoms with E-state index in [1.54, 1.807) is 6.92 Å². The molecular weight excluding hydrogens is 170 g/mol. The van der Waals surface area contributed by atoms with Gasteiger partial charge in [-0.1, -0.05) is 13.8 Å². The van der Waals surface area contributed by atoms with Gasteiger partial charge >= 0.3 is 0 Å². The lowest BCUT2D eigenvalue weighted by molar-refractivity contribution is 0.415. The van der Waals surface area contributed by atoms with E-state index in [1.165, 1.54) is 0 Å². The second kappa shape index (κ2) is 3.15. The van der Waals surface area contributed by atoms with Gasteiger partial charge in [0.15, 0.2) is 0 Å². The van der Waals surface area contributed by atoms with Crippen molar-refractivity contribution in [2.24, 2.45) is 5.73 Å². The Kier molecular flexibility index (Phi) is 2.54. The van der Waals surface area contributed by atoms with Crippen molar-refractivity contribution in [3.63, 3.8) is 0 Å². The Hall–Kier alpha value is -0.410. The fourth-order valence-electron chi connectivity index (χ4n) is 0.935. The minimum Gasteiger partial charge on any atom is -0.463 e. The molecule has 0 aromatic carbocycles. The first-order valence-corrected chi connectivity index (χ1v) is 4.47. The lowest BCUT2D eigenvalue weighted by Gasteiger charge is -2.13. The van der Waals surface area contributed by atoms with Gasteiger partial charge in [0, 0.05) is 5.92 Å². The van der Waals surface area contributed by atoms with Crippen LogP contribution in [-0.4, -0.2) is 0 Å².